The highest BCUT2D eigenvalue weighted by atomic mass is 16.4. The molecule has 0 aromatic carbocycles. The first-order valence-electron chi connectivity index (χ1n) is 6.30. The van der Waals surface area contributed by atoms with Crippen LogP contribution < -0.4 is 5.32 Å². The highest BCUT2D eigenvalue weighted by Gasteiger charge is 2.37. The zero-order valence-corrected chi connectivity index (χ0v) is 11.0. The van der Waals surface area contributed by atoms with Gasteiger partial charge in [0.25, 0.3) is 0 Å². The number of likely N-dealkylation sites (tertiary alicyclic amines) is 1. The zero-order chi connectivity index (χ0) is 14.0. The number of nitrogens with one attached hydrogen (secondary N) is 1. The van der Waals surface area contributed by atoms with Gasteiger partial charge in [-0.15, -0.1) is 0 Å². The molecule has 1 aliphatic rings. The van der Waals surface area contributed by atoms with Crippen molar-refractivity contribution in [1.29, 1.82) is 0 Å². The Kier molecular flexibility index (Phi) is 3.78. The van der Waals surface area contributed by atoms with Gasteiger partial charge in [0.2, 0.25) is 0 Å². The molecule has 1 saturated heterocycles. The van der Waals surface area contributed by atoms with Gasteiger partial charge in [0.1, 0.15) is 5.76 Å². The zero-order valence-electron chi connectivity index (χ0n) is 11.0. The molecule has 1 aromatic heterocycles. The van der Waals surface area contributed by atoms with Gasteiger partial charge >= 0.3 is 12.0 Å². The van der Waals surface area contributed by atoms with Crippen LogP contribution in [-0.2, 0) is 4.79 Å². The maximum Gasteiger partial charge on any atom is 0.317 e. The van der Waals surface area contributed by atoms with Crippen molar-refractivity contribution >= 4 is 12.0 Å². The van der Waals surface area contributed by atoms with Crippen LogP contribution in [0.4, 0.5) is 4.79 Å². The van der Waals surface area contributed by atoms with Gasteiger partial charge in [-0.1, -0.05) is 6.92 Å². The lowest BCUT2D eigenvalue weighted by Gasteiger charge is -2.41. The number of amides is 2. The molecule has 0 spiro atoms. The molecule has 2 heterocycles. The Bertz CT molecular complexity index is 451. The first-order chi connectivity index (χ1) is 8.99. The van der Waals surface area contributed by atoms with Crippen LogP contribution in [0, 0.1) is 11.8 Å². The van der Waals surface area contributed by atoms with E-state index in [0.717, 1.165) is 0 Å². The van der Waals surface area contributed by atoms with E-state index in [0.29, 0.717) is 18.8 Å². The molecule has 2 N–H and O–H groups in total. The molecule has 2 atom stereocenters. The smallest absolute Gasteiger partial charge is 0.317 e. The lowest BCUT2D eigenvalue weighted by molar-refractivity contribution is -0.144. The Morgan fingerprint density at radius 3 is 2.68 bits per heavy atom. The molecule has 2 rings (SSSR count). The number of aliphatic carboxylic acids is 1. The summed E-state index contributed by atoms with van der Waals surface area (Å²) in [6, 6.07) is 3.19. The summed E-state index contributed by atoms with van der Waals surface area (Å²) < 4.78 is 5.21. The molecule has 6 heteroatoms. The number of urea groups is 1. The third kappa shape index (κ3) is 2.89. The molecule has 1 fully saturated rings. The number of carboxylic acids is 1. The number of carboxylic acid groups (broad SMARTS) is 1. The molecule has 2 amide bonds. The van der Waals surface area contributed by atoms with E-state index in [1.54, 1.807) is 30.2 Å². The quantitative estimate of drug-likeness (QED) is 0.869. The Morgan fingerprint density at radius 1 is 1.47 bits per heavy atom. The number of nitrogens with zero attached hydrogens (tertiary/aromatic N) is 1. The summed E-state index contributed by atoms with van der Waals surface area (Å²) in [4.78, 5) is 24.3. The van der Waals surface area contributed by atoms with E-state index in [4.69, 9.17) is 9.52 Å². The normalized spacial score (nSPS) is 18.5. The highest BCUT2D eigenvalue weighted by molar-refractivity contribution is 5.76. The van der Waals surface area contributed by atoms with Gasteiger partial charge in [-0.05, 0) is 19.1 Å². The third-order valence-corrected chi connectivity index (χ3v) is 3.60. The summed E-state index contributed by atoms with van der Waals surface area (Å²) in [5.74, 6) is -0.480. The summed E-state index contributed by atoms with van der Waals surface area (Å²) >= 11 is 0. The van der Waals surface area contributed by atoms with Crippen LogP contribution in [0.3, 0.4) is 0 Å². The number of carbonyl (C=O) groups excluding carboxylic acids is 1. The van der Waals surface area contributed by atoms with Crippen LogP contribution >= 0.6 is 0 Å². The molecule has 19 heavy (non-hydrogen) atoms. The molecule has 0 bridgehead atoms. The molecular weight excluding hydrogens is 248 g/mol. The van der Waals surface area contributed by atoms with Crippen molar-refractivity contribution in [2.24, 2.45) is 11.8 Å². The summed E-state index contributed by atoms with van der Waals surface area (Å²) in [5, 5.41) is 11.7. The van der Waals surface area contributed by atoms with Crippen molar-refractivity contribution in [2.45, 2.75) is 19.9 Å². The van der Waals surface area contributed by atoms with E-state index >= 15 is 0 Å². The Morgan fingerprint density at radius 2 is 2.16 bits per heavy atom. The predicted molar refractivity (Wildman–Crippen MR) is 67.5 cm³/mol. The number of carbonyl (C=O) groups is 2. The first-order valence-corrected chi connectivity index (χ1v) is 6.30. The summed E-state index contributed by atoms with van der Waals surface area (Å²) in [5.41, 5.74) is 0. The minimum Gasteiger partial charge on any atom is -0.481 e. The molecule has 2 unspecified atom stereocenters. The van der Waals surface area contributed by atoms with Crippen molar-refractivity contribution in [2.75, 3.05) is 13.1 Å². The summed E-state index contributed by atoms with van der Waals surface area (Å²) in [6.07, 6.45) is 1.56. The molecule has 0 aliphatic carbocycles. The van der Waals surface area contributed by atoms with E-state index in [-0.39, 0.29) is 18.0 Å². The van der Waals surface area contributed by atoms with Gasteiger partial charge in [-0.2, -0.15) is 0 Å². The van der Waals surface area contributed by atoms with Crippen molar-refractivity contribution in [1.82, 2.24) is 10.2 Å². The van der Waals surface area contributed by atoms with Gasteiger partial charge in [-0.25, -0.2) is 4.79 Å². The third-order valence-electron chi connectivity index (χ3n) is 3.60. The van der Waals surface area contributed by atoms with Crippen molar-refractivity contribution in [3.63, 3.8) is 0 Å². The number of rotatable bonds is 4. The van der Waals surface area contributed by atoms with Crippen molar-refractivity contribution < 1.29 is 19.1 Å². The van der Waals surface area contributed by atoms with Crippen LogP contribution in [0.1, 0.15) is 25.6 Å². The van der Waals surface area contributed by atoms with Crippen LogP contribution in [0.2, 0.25) is 0 Å². The predicted octanol–water partition coefficient (Wildman–Crippen LogP) is 1.70. The van der Waals surface area contributed by atoms with Gasteiger partial charge < -0.3 is 19.7 Å². The number of hydrogen-bond acceptors (Lipinski definition) is 3. The van der Waals surface area contributed by atoms with E-state index in [1.807, 2.05) is 6.92 Å². The molecule has 1 aliphatic heterocycles. The number of hydrogen-bond donors (Lipinski definition) is 2. The van der Waals surface area contributed by atoms with Gasteiger partial charge in [0.05, 0.1) is 18.2 Å². The minimum atomic E-state index is -0.811. The fourth-order valence-corrected chi connectivity index (χ4v) is 2.08. The molecule has 104 valence electrons. The molecular formula is C13H18N2O4. The second kappa shape index (κ2) is 5.34. The maximum atomic E-state index is 11.9. The van der Waals surface area contributed by atoms with Crippen LogP contribution in [0.5, 0.6) is 0 Å². The second-order valence-corrected chi connectivity index (χ2v) is 4.98. The largest absolute Gasteiger partial charge is 0.481 e. The van der Waals surface area contributed by atoms with Crippen molar-refractivity contribution in [3.8, 4) is 0 Å². The molecule has 0 saturated carbocycles. The summed E-state index contributed by atoms with van der Waals surface area (Å²) in [6.45, 7) is 4.50. The lowest BCUT2D eigenvalue weighted by atomic mass is 9.87. The van der Waals surface area contributed by atoms with Gasteiger partial charge in [0.15, 0.2) is 0 Å². The van der Waals surface area contributed by atoms with Crippen LogP contribution in [-0.4, -0.2) is 35.1 Å². The second-order valence-electron chi connectivity index (χ2n) is 4.98. The average molecular weight is 266 g/mol. The fraction of sp³-hybridized carbons (Fsp3) is 0.538. The Hall–Kier alpha value is -1.98. The van der Waals surface area contributed by atoms with E-state index < -0.39 is 11.9 Å². The SMILES string of the molecule is CC(NC(=O)N1CC(C(C)C(=O)O)C1)c1ccco1. The Labute approximate surface area is 111 Å². The van der Waals surface area contributed by atoms with Gasteiger partial charge in [0, 0.05) is 19.0 Å². The fourth-order valence-electron chi connectivity index (χ4n) is 2.08. The topological polar surface area (TPSA) is 82.8 Å². The lowest BCUT2D eigenvalue weighted by Crippen LogP contribution is -2.56. The van der Waals surface area contributed by atoms with E-state index in [9.17, 15) is 9.59 Å². The summed E-state index contributed by atoms with van der Waals surface area (Å²) in [7, 11) is 0. The molecule has 6 nitrogen and oxygen atoms in total. The van der Waals surface area contributed by atoms with Crippen LogP contribution in [0.25, 0.3) is 0 Å². The minimum absolute atomic E-state index is 0.0437. The monoisotopic (exact) mass is 266 g/mol. The highest BCUT2D eigenvalue weighted by Crippen LogP contribution is 2.24. The number of furan rings is 1. The van der Waals surface area contributed by atoms with Gasteiger partial charge in [-0.3, -0.25) is 4.79 Å². The van der Waals surface area contributed by atoms with E-state index in [1.165, 1.54) is 0 Å². The van der Waals surface area contributed by atoms with Crippen molar-refractivity contribution in [3.05, 3.63) is 24.2 Å². The maximum absolute atomic E-state index is 11.9. The van der Waals surface area contributed by atoms with Crippen LogP contribution in [0.15, 0.2) is 22.8 Å². The molecule has 1 aromatic rings. The average Bonchev–Trinajstić information content (AvgIpc) is 2.79. The Balaban J connectivity index is 1.79. The first kappa shape index (κ1) is 13.5. The molecule has 0 radical (unpaired) electrons. The van der Waals surface area contributed by atoms with E-state index in [2.05, 4.69) is 5.32 Å². The standard InChI is InChI=1S/C13H18N2O4/c1-8(12(16)17)10-6-15(7-10)13(18)14-9(2)11-4-3-5-19-11/h3-5,8-10H,6-7H2,1-2H3,(H,14,18)(H,16,17).